The summed E-state index contributed by atoms with van der Waals surface area (Å²) < 4.78 is 29.8. The summed E-state index contributed by atoms with van der Waals surface area (Å²) in [5.74, 6) is -0.975. The number of Topliss-reactive ketones (excluding diaryl/α,β-unsaturated/α-hetero) is 1. The van der Waals surface area contributed by atoms with E-state index in [9.17, 15) is 22.8 Å². The maximum Gasteiger partial charge on any atom is 0.330 e. The van der Waals surface area contributed by atoms with Gasteiger partial charge in [-0.15, -0.1) is 10.2 Å². The van der Waals surface area contributed by atoms with Crippen molar-refractivity contribution in [2.75, 3.05) is 23.0 Å². The molecule has 2 fully saturated rings. The van der Waals surface area contributed by atoms with Crippen LogP contribution in [-0.4, -0.2) is 51.2 Å². The maximum absolute atomic E-state index is 12.5. The van der Waals surface area contributed by atoms with E-state index in [1.54, 1.807) is 0 Å². The first-order valence-electron chi connectivity index (χ1n) is 8.59. The molecule has 4 rings (SSSR count). The summed E-state index contributed by atoms with van der Waals surface area (Å²) in [6.45, 7) is 0. The molecule has 1 saturated carbocycles. The van der Waals surface area contributed by atoms with Gasteiger partial charge in [0.15, 0.2) is 15.6 Å². The van der Waals surface area contributed by atoms with E-state index >= 15 is 0 Å². The summed E-state index contributed by atoms with van der Waals surface area (Å²) in [4.78, 5) is 38.6. The number of nitrogens with two attached hydrogens (primary N) is 1. The predicted molar refractivity (Wildman–Crippen MR) is 99.4 cm³/mol. The van der Waals surface area contributed by atoms with Gasteiger partial charge in [0.25, 0.3) is 10.8 Å². The van der Waals surface area contributed by atoms with Crippen molar-refractivity contribution in [1.82, 2.24) is 19.7 Å². The van der Waals surface area contributed by atoms with Gasteiger partial charge in [0.05, 0.1) is 23.2 Å². The number of aromatic nitrogens is 4. The summed E-state index contributed by atoms with van der Waals surface area (Å²) in [6.07, 6.45) is 1.95. The van der Waals surface area contributed by atoms with E-state index in [2.05, 4.69) is 15.2 Å². The van der Waals surface area contributed by atoms with Crippen molar-refractivity contribution in [2.45, 2.75) is 36.4 Å². The quantitative estimate of drug-likeness (QED) is 0.461. The second-order valence-electron chi connectivity index (χ2n) is 6.84. The number of hydrogen-bond acceptors (Lipinski definition) is 10. The fourth-order valence-electron chi connectivity index (χ4n) is 3.16. The number of sulfone groups is 1. The van der Waals surface area contributed by atoms with Gasteiger partial charge in [-0.2, -0.15) is 0 Å². The monoisotopic (exact) mass is 427 g/mol. The molecule has 3 N–H and O–H groups in total. The average molecular weight is 427 g/mol. The molecule has 0 bridgehead atoms. The molecule has 2 aromatic rings. The molecule has 0 aromatic carbocycles. The van der Waals surface area contributed by atoms with E-state index in [1.165, 1.54) is 4.57 Å². The zero-order valence-electron chi connectivity index (χ0n) is 14.6. The van der Waals surface area contributed by atoms with Crippen molar-refractivity contribution in [3.63, 3.8) is 0 Å². The van der Waals surface area contributed by atoms with E-state index in [4.69, 9.17) is 10.2 Å². The standard InChI is InChI=1S/C15H17N5O6S2/c16-11-10(12(22)17-14(23)20(11)8-1-2-8)9(21)5-27-15-19-18-13(26-15)7-3-4-28(24,25)6-7/h7-8H,1-6,16H2,(H,17,22,23)/t7-/m1/s1. The van der Waals surface area contributed by atoms with E-state index in [0.29, 0.717) is 6.42 Å². The van der Waals surface area contributed by atoms with Crippen LogP contribution in [0.5, 0.6) is 0 Å². The van der Waals surface area contributed by atoms with Gasteiger partial charge in [0.1, 0.15) is 11.4 Å². The highest BCUT2D eigenvalue weighted by atomic mass is 32.2. The van der Waals surface area contributed by atoms with Gasteiger partial charge >= 0.3 is 5.69 Å². The van der Waals surface area contributed by atoms with Crippen molar-refractivity contribution in [3.05, 3.63) is 32.3 Å². The minimum absolute atomic E-state index is 0.0349. The summed E-state index contributed by atoms with van der Waals surface area (Å²) in [7, 11) is -3.08. The van der Waals surface area contributed by atoms with Crippen LogP contribution in [0.25, 0.3) is 0 Å². The third kappa shape index (κ3) is 3.63. The Kier molecular flexibility index (Phi) is 4.65. The number of hydrogen-bond donors (Lipinski definition) is 2. The summed E-state index contributed by atoms with van der Waals surface area (Å²) in [5, 5.41) is 7.77. The maximum atomic E-state index is 12.5. The van der Waals surface area contributed by atoms with Gasteiger partial charge in [-0.25, -0.2) is 13.2 Å². The number of aromatic amines is 1. The van der Waals surface area contributed by atoms with Gasteiger partial charge < -0.3 is 10.2 Å². The largest absolute Gasteiger partial charge is 0.416 e. The number of H-pyrrole nitrogens is 1. The zero-order chi connectivity index (χ0) is 20.1. The lowest BCUT2D eigenvalue weighted by molar-refractivity contribution is 0.102. The molecule has 1 atom stereocenters. The zero-order valence-corrected chi connectivity index (χ0v) is 16.2. The Bertz CT molecular complexity index is 1160. The van der Waals surface area contributed by atoms with Crippen molar-refractivity contribution in [2.24, 2.45) is 0 Å². The highest BCUT2D eigenvalue weighted by Crippen LogP contribution is 2.35. The van der Waals surface area contributed by atoms with E-state index < -0.39 is 26.9 Å². The minimum atomic E-state index is -3.08. The highest BCUT2D eigenvalue weighted by molar-refractivity contribution is 7.99. The number of rotatable bonds is 6. The average Bonchev–Trinajstić information content (AvgIpc) is 3.20. The van der Waals surface area contributed by atoms with Crippen molar-refractivity contribution < 1.29 is 17.6 Å². The van der Waals surface area contributed by atoms with Crippen LogP contribution in [0.2, 0.25) is 0 Å². The molecule has 150 valence electrons. The number of nitrogens with zero attached hydrogens (tertiary/aromatic N) is 3. The van der Waals surface area contributed by atoms with Crippen LogP contribution in [0.15, 0.2) is 19.2 Å². The molecule has 1 aliphatic heterocycles. The third-order valence-corrected chi connectivity index (χ3v) is 7.29. The molecular weight excluding hydrogens is 410 g/mol. The number of nitrogens with one attached hydrogen (secondary N) is 1. The van der Waals surface area contributed by atoms with Crippen LogP contribution in [-0.2, 0) is 9.84 Å². The second kappa shape index (κ2) is 6.88. The van der Waals surface area contributed by atoms with Gasteiger partial charge in [-0.3, -0.25) is 19.1 Å². The Morgan fingerprint density at radius 1 is 1.29 bits per heavy atom. The normalized spacial score (nSPS) is 21.1. The molecule has 0 spiro atoms. The van der Waals surface area contributed by atoms with Crippen molar-refractivity contribution >= 4 is 33.2 Å². The molecule has 2 aromatic heterocycles. The number of anilines is 1. The van der Waals surface area contributed by atoms with Crippen LogP contribution >= 0.6 is 11.8 Å². The topological polar surface area (TPSA) is 171 Å². The fourth-order valence-corrected chi connectivity index (χ4v) is 5.54. The molecule has 13 heteroatoms. The number of nitrogen functional groups attached to an aromatic ring is 1. The lowest BCUT2D eigenvalue weighted by Crippen LogP contribution is -2.36. The Morgan fingerprint density at radius 2 is 2.04 bits per heavy atom. The van der Waals surface area contributed by atoms with Crippen LogP contribution in [0.4, 0.5) is 5.82 Å². The van der Waals surface area contributed by atoms with Crippen LogP contribution in [0, 0.1) is 0 Å². The minimum Gasteiger partial charge on any atom is -0.416 e. The van der Waals surface area contributed by atoms with Gasteiger partial charge in [0.2, 0.25) is 5.89 Å². The summed E-state index contributed by atoms with van der Waals surface area (Å²) in [6, 6.07) is -0.0928. The Hall–Kier alpha value is -2.41. The number of carbonyl (C=O) groups excluding carboxylic acids is 1. The molecule has 0 unspecified atom stereocenters. The van der Waals surface area contributed by atoms with E-state index in [0.717, 1.165) is 24.6 Å². The summed E-state index contributed by atoms with van der Waals surface area (Å²) in [5.41, 5.74) is 4.20. The second-order valence-corrected chi connectivity index (χ2v) is 9.99. The molecule has 3 heterocycles. The number of ketones is 1. The first kappa shape index (κ1) is 18.9. The van der Waals surface area contributed by atoms with E-state index in [1.807, 2.05) is 0 Å². The smallest absolute Gasteiger partial charge is 0.330 e. The SMILES string of the molecule is Nc1c(C(=O)CSc2nnc([C@@H]3CCS(=O)(=O)C3)o2)c(=O)[nH]c(=O)n1C1CC1. The van der Waals surface area contributed by atoms with Crippen LogP contribution in [0.1, 0.15) is 47.5 Å². The molecule has 2 aliphatic rings. The number of carbonyl (C=O) groups is 1. The Labute approximate surface area is 162 Å². The molecule has 28 heavy (non-hydrogen) atoms. The molecule has 1 aliphatic carbocycles. The predicted octanol–water partition coefficient (Wildman–Crippen LogP) is -0.286. The van der Waals surface area contributed by atoms with Crippen molar-refractivity contribution in [1.29, 1.82) is 0 Å². The van der Waals surface area contributed by atoms with Gasteiger partial charge in [0, 0.05) is 6.04 Å². The Balaban J connectivity index is 1.48. The molecule has 1 saturated heterocycles. The third-order valence-electron chi connectivity index (χ3n) is 4.70. The lowest BCUT2D eigenvalue weighted by Gasteiger charge is -2.10. The van der Waals surface area contributed by atoms with E-state index in [-0.39, 0.29) is 51.7 Å². The number of thioether (sulfide) groups is 1. The molecule has 0 amide bonds. The molecular formula is C15H17N5O6S2. The van der Waals surface area contributed by atoms with Gasteiger partial charge in [-0.05, 0) is 19.3 Å². The Morgan fingerprint density at radius 3 is 2.68 bits per heavy atom. The summed E-state index contributed by atoms with van der Waals surface area (Å²) >= 11 is 0.919. The first-order valence-corrected chi connectivity index (χ1v) is 11.4. The molecule has 0 radical (unpaired) electrons. The first-order chi connectivity index (χ1) is 13.2. The molecule has 11 nitrogen and oxygen atoms in total. The highest BCUT2D eigenvalue weighted by Gasteiger charge is 2.33. The lowest BCUT2D eigenvalue weighted by atomic mass is 10.1. The van der Waals surface area contributed by atoms with Crippen LogP contribution in [0.3, 0.4) is 0 Å². The fraction of sp³-hybridized carbons (Fsp3) is 0.533. The van der Waals surface area contributed by atoms with Gasteiger partial charge in [-0.1, -0.05) is 11.8 Å². The van der Waals surface area contributed by atoms with Crippen molar-refractivity contribution in [3.8, 4) is 0 Å². The van der Waals surface area contributed by atoms with Crippen LogP contribution < -0.4 is 17.0 Å².